The van der Waals surface area contributed by atoms with Gasteiger partial charge in [-0.15, -0.1) is 0 Å². The van der Waals surface area contributed by atoms with Gasteiger partial charge in [0.15, 0.2) is 0 Å². The topological polar surface area (TPSA) is 101 Å². The van der Waals surface area contributed by atoms with Gasteiger partial charge in [-0.25, -0.2) is 9.59 Å². The van der Waals surface area contributed by atoms with E-state index in [0.717, 1.165) is 22.2 Å². The van der Waals surface area contributed by atoms with Crippen LogP contribution in [0, 0.1) is 0 Å². The number of nitrogens with one attached hydrogen (secondary N) is 2. The molecule has 0 saturated carbocycles. The number of carbonyl (C=O) groups excluding carboxylic acids is 2. The highest BCUT2D eigenvalue weighted by molar-refractivity contribution is 5.89. The third-order valence-corrected chi connectivity index (χ3v) is 5.34. The number of carbonyl (C=O) groups is 2. The first-order valence-corrected chi connectivity index (χ1v) is 11.0. The highest BCUT2D eigenvalue weighted by Gasteiger charge is 2.33. The number of esters is 1. The number of hydrogen-bond donors (Lipinski definition) is 3. The van der Waals surface area contributed by atoms with E-state index in [0.29, 0.717) is 18.5 Å². The summed E-state index contributed by atoms with van der Waals surface area (Å²) in [6, 6.07) is 16.6. The molecule has 0 saturated heterocycles. The first-order valence-electron chi connectivity index (χ1n) is 11.0. The molecule has 0 bridgehead atoms. The van der Waals surface area contributed by atoms with Crippen LogP contribution in [-0.2, 0) is 21.3 Å². The predicted molar refractivity (Wildman–Crippen MR) is 127 cm³/mol. The number of H-pyrrole nitrogens is 1. The van der Waals surface area contributed by atoms with Gasteiger partial charge in [0.25, 0.3) is 0 Å². The highest BCUT2D eigenvalue weighted by atomic mass is 16.6. The Morgan fingerprint density at radius 1 is 1.00 bits per heavy atom. The second kappa shape index (κ2) is 10.1. The Kier molecular flexibility index (Phi) is 7.43. The lowest BCUT2D eigenvalue weighted by molar-refractivity contribution is 0.0337. The molecule has 1 amide bonds. The average Bonchev–Trinajstić information content (AvgIpc) is 3.16. The van der Waals surface area contributed by atoms with Crippen molar-refractivity contribution < 1.29 is 24.2 Å². The molecule has 0 aliphatic rings. The maximum Gasteiger partial charge on any atom is 0.407 e. The van der Waals surface area contributed by atoms with Crippen LogP contribution in [0.5, 0.6) is 0 Å². The van der Waals surface area contributed by atoms with Crippen LogP contribution in [0.2, 0.25) is 0 Å². The molecule has 0 spiro atoms. The van der Waals surface area contributed by atoms with E-state index in [1.807, 2.05) is 58.0 Å². The molecule has 3 aromatic rings. The van der Waals surface area contributed by atoms with E-state index in [4.69, 9.17) is 9.47 Å². The lowest BCUT2D eigenvalue weighted by Gasteiger charge is -2.27. The van der Waals surface area contributed by atoms with Gasteiger partial charge in [0.2, 0.25) is 0 Å². The van der Waals surface area contributed by atoms with Crippen LogP contribution in [-0.4, -0.2) is 47.5 Å². The molecular weight excluding hydrogens is 420 g/mol. The Morgan fingerprint density at radius 2 is 1.67 bits per heavy atom. The number of aliphatic hydroxyl groups excluding tert-OH is 1. The van der Waals surface area contributed by atoms with Gasteiger partial charge in [0.05, 0.1) is 17.6 Å². The molecule has 0 radical (unpaired) electrons. The Bertz CT molecular complexity index is 1100. The number of hydrogen-bond acceptors (Lipinski definition) is 5. The van der Waals surface area contributed by atoms with Crippen molar-refractivity contribution >= 4 is 23.0 Å². The number of benzene rings is 2. The largest absolute Gasteiger partial charge is 0.461 e. The molecular formula is C26H32N2O5. The highest BCUT2D eigenvalue weighted by Crippen LogP contribution is 2.32. The molecule has 7 heteroatoms. The number of amides is 1. The number of fused-ring (bicyclic) bond motifs is 1. The quantitative estimate of drug-likeness (QED) is 0.442. The number of aromatic nitrogens is 1. The molecule has 1 heterocycles. The molecule has 7 nitrogen and oxygen atoms in total. The second-order valence-corrected chi connectivity index (χ2v) is 9.36. The monoisotopic (exact) mass is 452 g/mol. The maximum atomic E-state index is 12.5. The summed E-state index contributed by atoms with van der Waals surface area (Å²) in [4.78, 5) is 27.9. The summed E-state index contributed by atoms with van der Waals surface area (Å²) >= 11 is 0. The molecule has 1 atom stereocenters. The van der Waals surface area contributed by atoms with E-state index in [1.54, 1.807) is 24.3 Å². The summed E-state index contributed by atoms with van der Waals surface area (Å²) in [5, 5.41) is 14.1. The molecule has 1 aromatic heterocycles. The molecule has 0 unspecified atom stereocenters. The van der Waals surface area contributed by atoms with Crippen molar-refractivity contribution in [1.29, 1.82) is 0 Å². The first-order chi connectivity index (χ1) is 15.6. The zero-order valence-corrected chi connectivity index (χ0v) is 19.6. The third-order valence-electron chi connectivity index (χ3n) is 5.34. The fourth-order valence-electron chi connectivity index (χ4n) is 3.66. The third kappa shape index (κ3) is 6.14. The average molecular weight is 453 g/mol. The summed E-state index contributed by atoms with van der Waals surface area (Å²) < 4.78 is 10.9. The van der Waals surface area contributed by atoms with Crippen molar-refractivity contribution in [2.24, 2.45) is 0 Å². The Balaban J connectivity index is 1.81. The van der Waals surface area contributed by atoms with E-state index in [2.05, 4.69) is 10.3 Å². The molecule has 2 aromatic carbocycles. The number of alkyl carbamates (subject to hydrolysis) is 1. The molecule has 0 fully saturated rings. The molecule has 3 rings (SSSR count). The van der Waals surface area contributed by atoms with Crippen molar-refractivity contribution in [3.63, 3.8) is 0 Å². The van der Waals surface area contributed by atoms with Crippen LogP contribution in [0.4, 0.5) is 4.79 Å². The summed E-state index contributed by atoms with van der Waals surface area (Å²) in [6.07, 6.45) is 0.0338. The second-order valence-electron chi connectivity index (χ2n) is 9.36. The maximum absolute atomic E-state index is 12.5. The minimum Gasteiger partial charge on any atom is -0.461 e. The molecule has 0 aliphatic carbocycles. The lowest BCUT2D eigenvalue weighted by Crippen LogP contribution is -2.36. The van der Waals surface area contributed by atoms with Gasteiger partial charge in [-0.2, -0.15) is 0 Å². The Hall–Kier alpha value is -3.32. The van der Waals surface area contributed by atoms with Crippen molar-refractivity contribution in [1.82, 2.24) is 10.3 Å². The smallest absolute Gasteiger partial charge is 0.407 e. The van der Waals surface area contributed by atoms with Gasteiger partial charge < -0.3 is 24.9 Å². The molecule has 3 N–H and O–H groups in total. The predicted octanol–water partition coefficient (Wildman–Crippen LogP) is 4.34. The minimum atomic E-state index is -0.856. The van der Waals surface area contributed by atoms with Gasteiger partial charge in [-0.05, 0) is 57.9 Å². The van der Waals surface area contributed by atoms with Crippen LogP contribution in [0.1, 0.15) is 49.3 Å². The van der Waals surface area contributed by atoms with Crippen LogP contribution in [0.25, 0.3) is 10.9 Å². The van der Waals surface area contributed by atoms with Crippen LogP contribution in [0.3, 0.4) is 0 Å². The van der Waals surface area contributed by atoms with Crippen molar-refractivity contribution in [2.45, 2.75) is 45.1 Å². The van der Waals surface area contributed by atoms with Crippen LogP contribution in [0.15, 0.2) is 54.6 Å². The fraction of sp³-hybridized carbons (Fsp3) is 0.385. The molecule has 176 valence electrons. The molecule has 0 aliphatic heterocycles. The van der Waals surface area contributed by atoms with E-state index in [9.17, 15) is 14.7 Å². The summed E-state index contributed by atoms with van der Waals surface area (Å²) in [6.45, 7) is 7.41. The van der Waals surface area contributed by atoms with Crippen molar-refractivity contribution in [3.05, 3.63) is 71.4 Å². The van der Waals surface area contributed by atoms with Gasteiger partial charge in [-0.3, -0.25) is 0 Å². The van der Waals surface area contributed by atoms with Gasteiger partial charge >= 0.3 is 12.1 Å². The van der Waals surface area contributed by atoms with Crippen molar-refractivity contribution in [3.8, 4) is 0 Å². The number of rotatable bonds is 8. The Labute approximate surface area is 194 Å². The van der Waals surface area contributed by atoms with Gasteiger partial charge in [0, 0.05) is 23.1 Å². The van der Waals surface area contributed by atoms with Crippen molar-refractivity contribution in [2.75, 3.05) is 19.8 Å². The Morgan fingerprint density at radius 3 is 2.33 bits per heavy atom. The number of para-hydroxylation sites is 1. The zero-order chi connectivity index (χ0) is 24.1. The van der Waals surface area contributed by atoms with E-state index < -0.39 is 23.1 Å². The van der Waals surface area contributed by atoms with Crippen LogP contribution < -0.4 is 5.32 Å². The number of ether oxygens (including phenoxy) is 2. The number of aliphatic hydroxyl groups is 1. The minimum absolute atomic E-state index is 0.00343. The van der Waals surface area contributed by atoms with Gasteiger partial charge in [0.1, 0.15) is 12.2 Å². The lowest BCUT2D eigenvalue weighted by atomic mass is 9.85. The summed E-state index contributed by atoms with van der Waals surface area (Å²) in [7, 11) is 0. The normalized spacial score (nSPS) is 13.4. The van der Waals surface area contributed by atoms with Gasteiger partial charge in [-0.1, -0.05) is 36.4 Å². The number of aromatic amines is 1. The van der Waals surface area contributed by atoms with E-state index in [1.165, 1.54) is 0 Å². The first kappa shape index (κ1) is 24.3. The van der Waals surface area contributed by atoms with E-state index >= 15 is 0 Å². The zero-order valence-electron chi connectivity index (χ0n) is 19.6. The van der Waals surface area contributed by atoms with E-state index in [-0.39, 0.29) is 13.2 Å². The molecule has 33 heavy (non-hydrogen) atoms. The fourth-order valence-corrected chi connectivity index (χ4v) is 3.66. The SMILES string of the molecule is CC(C)(C)OC(=O)NCCc1c([C@@](C)(CO)COC(=O)c2ccccc2)[nH]c2ccccc12. The summed E-state index contributed by atoms with van der Waals surface area (Å²) in [5.41, 5.74) is 1.66. The van der Waals surface area contributed by atoms with Crippen LogP contribution >= 0.6 is 0 Å². The summed E-state index contributed by atoms with van der Waals surface area (Å²) in [5.74, 6) is -0.445. The standard InChI is InChI=1S/C26H32N2O5/c1-25(2,3)33-24(31)27-15-14-20-19-12-8-9-13-21(19)28-22(20)26(4,16-29)17-32-23(30)18-10-6-5-7-11-18/h5-13,28-29H,14-17H2,1-4H3,(H,27,31)/t26-/m0/s1.